The molecule has 2 aliphatic heterocycles. The van der Waals surface area contributed by atoms with Crippen LogP contribution < -0.4 is 10.1 Å². The maximum atomic E-state index is 12.8. The number of hydrogen-bond donors (Lipinski definition) is 1. The number of carbonyl (C=O) groups excluding carboxylic acids is 2. The molecular formula is C20H29N3O4. The van der Waals surface area contributed by atoms with Crippen LogP contribution in [0.15, 0.2) is 24.3 Å². The van der Waals surface area contributed by atoms with E-state index in [1.165, 1.54) is 0 Å². The van der Waals surface area contributed by atoms with Gasteiger partial charge in [-0.3, -0.25) is 4.79 Å². The largest absolute Gasteiger partial charge is 0.497 e. The number of nitrogens with zero attached hydrogens (tertiary/aromatic N) is 2. The zero-order valence-corrected chi connectivity index (χ0v) is 16.4. The van der Waals surface area contributed by atoms with Gasteiger partial charge in [0.2, 0.25) is 5.91 Å². The minimum absolute atomic E-state index is 0.0972. The van der Waals surface area contributed by atoms with E-state index in [0.29, 0.717) is 32.8 Å². The summed E-state index contributed by atoms with van der Waals surface area (Å²) in [7, 11) is 5.18. The Hall–Kier alpha value is -2.28. The van der Waals surface area contributed by atoms with Crippen LogP contribution in [-0.4, -0.2) is 69.2 Å². The predicted molar refractivity (Wildman–Crippen MR) is 101 cm³/mol. The lowest BCUT2D eigenvalue weighted by molar-refractivity contribution is -0.138. The molecule has 0 aromatic heterocycles. The van der Waals surface area contributed by atoms with Crippen molar-refractivity contribution < 1.29 is 19.1 Å². The Morgan fingerprint density at radius 2 is 2.07 bits per heavy atom. The van der Waals surface area contributed by atoms with E-state index in [-0.39, 0.29) is 23.3 Å². The molecule has 1 N–H and O–H groups in total. The second-order valence-electron chi connectivity index (χ2n) is 7.65. The molecule has 0 bridgehead atoms. The molecule has 7 nitrogen and oxygen atoms in total. The van der Waals surface area contributed by atoms with Gasteiger partial charge in [-0.15, -0.1) is 0 Å². The van der Waals surface area contributed by atoms with E-state index < -0.39 is 0 Å². The third-order valence-corrected chi connectivity index (χ3v) is 5.74. The third-order valence-electron chi connectivity index (χ3n) is 5.74. The van der Waals surface area contributed by atoms with Gasteiger partial charge in [0.05, 0.1) is 13.0 Å². The molecule has 27 heavy (non-hydrogen) atoms. The van der Waals surface area contributed by atoms with Crippen molar-refractivity contribution in [2.24, 2.45) is 11.3 Å². The first-order valence-corrected chi connectivity index (χ1v) is 9.40. The van der Waals surface area contributed by atoms with E-state index in [9.17, 15) is 9.59 Å². The van der Waals surface area contributed by atoms with Crippen molar-refractivity contribution in [3.63, 3.8) is 0 Å². The SMILES string of the molecule is COc1cccc(CNC(=O)N2CC(C(=O)N(C)C)C3(CCOCC3)C2)c1. The molecule has 3 amide bonds. The number of methoxy groups -OCH3 is 1. The van der Waals surface area contributed by atoms with E-state index in [2.05, 4.69) is 5.32 Å². The molecule has 0 aliphatic carbocycles. The Balaban J connectivity index is 1.67. The summed E-state index contributed by atoms with van der Waals surface area (Å²) in [6, 6.07) is 7.50. The fraction of sp³-hybridized carbons (Fsp3) is 0.600. The van der Waals surface area contributed by atoms with Gasteiger partial charge in [-0.05, 0) is 30.5 Å². The van der Waals surface area contributed by atoms with Gasteiger partial charge >= 0.3 is 6.03 Å². The first-order valence-electron chi connectivity index (χ1n) is 9.40. The van der Waals surface area contributed by atoms with Crippen LogP contribution in [0.1, 0.15) is 18.4 Å². The molecule has 1 unspecified atom stereocenters. The average molecular weight is 375 g/mol. The van der Waals surface area contributed by atoms with E-state index in [1.807, 2.05) is 24.3 Å². The fourth-order valence-electron chi connectivity index (χ4n) is 4.13. The number of likely N-dealkylation sites (tertiary alicyclic amines) is 1. The van der Waals surface area contributed by atoms with Crippen LogP contribution in [0.3, 0.4) is 0 Å². The molecule has 2 saturated heterocycles. The number of benzene rings is 1. The van der Waals surface area contributed by atoms with Gasteiger partial charge in [-0.2, -0.15) is 0 Å². The van der Waals surface area contributed by atoms with E-state index >= 15 is 0 Å². The number of ether oxygens (including phenoxy) is 2. The molecule has 0 saturated carbocycles. The molecule has 2 aliphatic rings. The molecular weight excluding hydrogens is 346 g/mol. The minimum Gasteiger partial charge on any atom is -0.497 e. The average Bonchev–Trinajstić information content (AvgIpc) is 3.04. The number of hydrogen-bond acceptors (Lipinski definition) is 4. The normalized spacial score (nSPS) is 21.1. The molecule has 1 aromatic rings. The summed E-state index contributed by atoms with van der Waals surface area (Å²) < 4.78 is 10.7. The highest BCUT2D eigenvalue weighted by molar-refractivity contribution is 5.82. The van der Waals surface area contributed by atoms with Gasteiger partial charge in [0.25, 0.3) is 0 Å². The van der Waals surface area contributed by atoms with Crippen molar-refractivity contribution in [1.29, 1.82) is 0 Å². The zero-order valence-electron chi connectivity index (χ0n) is 16.4. The summed E-state index contributed by atoms with van der Waals surface area (Å²) in [6.45, 7) is 2.79. The van der Waals surface area contributed by atoms with Crippen LogP contribution in [0.4, 0.5) is 4.79 Å². The lowest BCUT2D eigenvalue weighted by Crippen LogP contribution is -2.44. The summed E-state index contributed by atoms with van der Waals surface area (Å²) in [5.41, 5.74) is 0.802. The number of amides is 3. The van der Waals surface area contributed by atoms with Gasteiger partial charge < -0.3 is 24.6 Å². The third kappa shape index (κ3) is 4.18. The first kappa shape index (κ1) is 19.5. The number of rotatable bonds is 4. The Bertz CT molecular complexity index is 686. The molecule has 1 aromatic carbocycles. The van der Waals surface area contributed by atoms with Crippen LogP contribution in [0.2, 0.25) is 0 Å². The standard InChI is InChI=1S/C20H29N3O4/c1-22(2)18(24)17-13-23(14-20(17)7-9-27-10-8-20)19(25)21-12-15-5-4-6-16(11-15)26-3/h4-6,11,17H,7-10,12-14H2,1-3H3,(H,21,25). The second-order valence-corrected chi connectivity index (χ2v) is 7.65. The van der Waals surface area contributed by atoms with Crippen LogP contribution in [0.5, 0.6) is 5.75 Å². The molecule has 148 valence electrons. The summed E-state index contributed by atoms with van der Waals surface area (Å²) in [5.74, 6) is 0.694. The highest BCUT2D eigenvalue weighted by Gasteiger charge is 2.52. The molecule has 3 rings (SSSR count). The van der Waals surface area contributed by atoms with Crippen molar-refractivity contribution in [3.8, 4) is 5.75 Å². The molecule has 2 heterocycles. The van der Waals surface area contributed by atoms with Crippen molar-refractivity contribution in [2.45, 2.75) is 19.4 Å². The number of urea groups is 1. The smallest absolute Gasteiger partial charge is 0.317 e. The van der Waals surface area contributed by atoms with Gasteiger partial charge in [0, 0.05) is 52.4 Å². The Morgan fingerprint density at radius 3 is 2.74 bits per heavy atom. The quantitative estimate of drug-likeness (QED) is 0.870. The van der Waals surface area contributed by atoms with E-state index in [4.69, 9.17) is 9.47 Å². The minimum atomic E-state index is -0.174. The van der Waals surface area contributed by atoms with E-state index in [1.54, 1.807) is 31.0 Å². The van der Waals surface area contributed by atoms with Gasteiger partial charge in [0.15, 0.2) is 0 Å². The van der Waals surface area contributed by atoms with Crippen molar-refractivity contribution in [2.75, 3.05) is 47.5 Å². The van der Waals surface area contributed by atoms with Gasteiger partial charge in [0.1, 0.15) is 5.75 Å². The fourth-order valence-corrected chi connectivity index (χ4v) is 4.13. The van der Waals surface area contributed by atoms with E-state index in [0.717, 1.165) is 24.2 Å². The molecule has 0 radical (unpaired) electrons. The monoisotopic (exact) mass is 375 g/mol. The predicted octanol–water partition coefficient (Wildman–Crippen LogP) is 1.72. The first-order chi connectivity index (χ1) is 12.9. The lowest BCUT2D eigenvalue weighted by Gasteiger charge is -2.37. The number of nitrogens with one attached hydrogen (secondary N) is 1. The molecule has 7 heteroatoms. The topological polar surface area (TPSA) is 71.1 Å². The van der Waals surface area contributed by atoms with Crippen molar-refractivity contribution >= 4 is 11.9 Å². The van der Waals surface area contributed by atoms with Crippen LogP contribution in [0.25, 0.3) is 0 Å². The molecule has 2 fully saturated rings. The number of carbonyl (C=O) groups is 2. The maximum Gasteiger partial charge on any atom is 0.317 e. The Morgan fingerprint density at radius 1 is 1.33 bits per heavy atom. The summed E-state index contributed by atoms with van der Waals surface area (Å²) in [5, 5.41) is 2.98. The summed E-state index contributed by atoms with van der Waals surface area (Å²) in [4.78, 5) is 28.9. The van der Waals surface area contributed by atoms with Crippen LogP contribution in [0, 0.1) is 11.3 Å². The highest BCUT2D eigenvalue weighted by atomic mass is 16.5. The Kier molecular flexibility index (Phi) is 5.89. The summed E-state index contributed by atoms with van der Waals surface area (Å²) >= 11 is 0. The van der Waals surface area contributed by atoms with Crippen molar-refractivity contribution in [1.82, 2.24) is 15.1 Å². The summed E-state index contributed by atoms with van der Waals surface area (Å²) in [6.07, 6.45) is 1.63. The van der Waals surface area contributed by atoms with Crippen molar-refractivity contribution in [3.05, 3.63) is 29.8 Å². The highest BCUT2D eigenvalue weighted by Crippen LogP contribution is 2.44. The van der Waals surface area contributed by atoms with Gasteiger partial charge in [-0.1, -0.05) is 12.1 Å². The molecule has 1 atom stereocenters. The second kappa shape index (κ2) is 8.17. The zero-order chi connectivity index (χ0) is 19.4. The van der Waals surface area contributed by atoms with Crippen LogP contribution in [-0.2, 0) is 16.1 Å². The van der Waals surface area contributed by atoms with Gasteiger partial charge in [-0.25, -0.2) is 4.79 Å². The van der Waals surface area contributed by atoms with Crippen LogP contribution >= 0.6 is 0 Å². The maximum absolute atomic E-state index is 12.8. The lowest BCUT2D eigenvalue weighted by atomic mass is 9.71. The Labute approximate surface area is 160 Å². The molecule has 1 spiro atoms.